The number of nitrogens with one attached hydrogen (secondary N) is 1. The topological polar surface area (TPSA) is 103 Å². The molecule has 1 amide bonds. The van der Waals surface area contributed by atoms with Gasteiger partial charge in [-0.05, 0) is 23.5 Å². The number of amides is 1. The second kappa shape index (κ2) is 6.59. The summed E-state index contributed by atoms with van der Waals surface area (Å²) in [6, 6.07) is 8.47. The van der Waals surface area contributed by atoms with Gasteiger partial charge in [-0.25, -0.2) is 4.98 Å². The molecule has 0 spiro atoms. The molecule has 0 saturated carbocycles. The molecule has 1 N–H and O–H groups in total. The van der Waals surface area contributed by atoms with Crippen LogP contribution in [0.15, 0.2) is 41.9 Å². The Bertz CT molecular complexity index is 888. The molecule has 0 unspecified atom stereocenters. The number of carbonyl (C=O) groups is 1. The van der Waals surface area contributed by atoms with E-state index in [0.717, 1.165) is 0 Å². The van der Waals surface area contributed by atoms with Crippen LogP contribution in [0.25, 0.3) is 0 Å². The average molecular weight is 343 g/mol. The van der Waals surface area contributed by atoms with Gasteiger partial charge in [0.15, 0.2) is 5.13 Å². The summed E-state index contributed by atoms with van der Waals surface area (Å²) in [5.74, 6) is -0.489. The first kappa shape index (κ1) is 15.8. The third kappa shape index (κ3) is 3.30. The maximum absolute atomic E-state index is 12.4. The lowest BCUT2D eigenvalue weighted by atomic mass is 10.1. The molecule has 2 aromatic heterocycles. The first-order chi connectivity index (χ1) is 11.5. The molecule has 8 nitrogen and oxygen atoms in total. The van der Waals surface area contributed by atoms with E-state index in [0.29, 0.717) is 22.0 Å². The predicted octanol–water partition coefficient (Wildman–Crippen LogP) is 2.86. The maximum Gasteiger partial charge on any atom is 0.390 e. The predicted molar refractivity (Wildman–Crippen MR) is 89.2 cm³/mol. The maximum atomic E-state index is 12.4. The molecule has 2 heterocycles. The first-order valence-electron chi connectivity index (χ1n) is 7.02. The Balaban J connectivity index is 1.86. The number of benzene rings is 1. The molecule has 0 bridgehead atoms. The van der Waals surface area contributed by atoms with Crippen molar-refractivity contribution in [1.29, 1.82) is 0 Å². The molecule has 0 saturated heterocycles. The summed E-state index contributed by atoms with van der Waals surface area (Å²) in [6.07, 6.45) is 1.61. The van der Waals surface area contributed by atoms with E-state index in [-0.39, 0.29) is 18.3 Å². The third-order valence-corrected chi connectivity index (χ3v) is 4.08. The van der Waals surface area contributed by atoms with Crippen molar-refractivity contribution >= 4 is 28.2 Å². The normalized spacial score (nSPS) is 10.5. The smallest absolute Gasteiger partial charge is 0.358 e. The lowest BCUT2D eigenvalue weighted by molar-refractivity contribution is -0.389. The van der Waals surface area contributed by atoms with Crippen LogP contribution in [0.5, 0.6) is 0 Å². The monoisotopic (exact) mass is 343 g/mol. The molecule has 24 heavy (non-hydrogen) atoms. The van der Waals surface area contributed by atoms with Crippen LogP contribution in [-0.4, -0.2) is 25.6 Å². The van der Waals surface area contributed by atoms with Gasteiger partial charge in [0.1, 0.15) is 0 Å². The van der Waals surface area contributed by atoms with Gasteiger partial charge in [-0.15, -0.1) is 11.3 Å². The number of nitrogens with zero attached hydrogens (tertiary/aromatic N) is 4. The van der Waals surface area contributed by atoms with E-state index in [9.17, 15) is 14.9 Å². The minimum Gasteiger partial charge on any atom is -0.358 e. The molecule has 0 aliphatic heterocycles. The Kier molecular flexibility index (Phi) is 4.34. The van der Waals surface area contributed by atoms with Crippen molar-refractivity contribution in [3.63, 3.8) is 0 Å². The SMILES string of the molecule is Cc1cc([N+](=O)[O-])nn1Cc1ccccc1C(=O)Nc1nccs1. The van der Waals surface area contributed by atoms with Gasteiger partial charge in [0.2, 0.25) is 0 Å². The van der Waals surface area contributed by atoms with Crippen molar-refractivity contribution in [2.75, 3.05) is 5.32 Å². The zero-order valence-corrected chi connectivity index (χ0v) is 13.5. The van der Waals surface area contributed by atoms with E-state index in [1.165, 1.54) is 22.1 Å². The molecule has 9 heteroatoms. The number of anilines is 1. The van der Waals surface area contributed by atoms with Crippen LogP contribution in [0.3, 0.4) is 0 Å². The quantitative estimate of drug-likeness (QED) is 0.567. The number of aromatic nitrogens is 3. The summed E-state index contributed by atoms with van der Waals surface area (Å²) in [4.78, 5) is 26.8. The summed E-state index contributed by atoms with van der Waals surface area (Å²) < 4.78 is 1.51. The van der Waals surface area contributed by atoms with Crippen molar-refractivity contribution in [3.05, 3.63) is 68.8 Å². The van der Waals surface area contributed by atoms with E-state index in [1.54, 1.807) is 36.7 Å². The minimum atomic E-state index is -0.537. The molecule has 0 radical (unpaired) electrons. The number of hydrogen-bond donors (Lipinski definition) is 1. The fraction of sp³-hybridized carbons (Fsp3) is 0.133. The summed E-state index contributed by atoms with van der Waals surface area (Å²) in [6.45, 7) is 2.00. The van der Waals surface area contributed by atoms with E-state index in [1.807, 2.05) is 6.07 Å². The number of nitro groups is 1. The molecule has 3 aromatic rings. The molecular formula is C15H13N5O3S. The lowest BCUT2D eigenvalue weighted by Gasteiger charge is -2.08. The van der Waals surface area contributed by atoms with Crippen molar-refractivity contribution in [2.24, 2.45) is 0 Å². The highest BCUT2D eigenvalue weighted by Gasteiger charge is 2.18. The van der Waals surface area contributed by atoms with Crippen LogP contribution in [-0.2, 0) is 6.54 Å². The molecule has 0 atom stereocenters. The number of hydrogen-bond acceptors (Lipinski definition) is 6. The second-order valence-electron chi connectivity index (χ2n) is 5.01. The van der Waals surface area contributed by atoms with Crippen LogP contribution in [0.2, 0.25) is 0 Å². The van der Waals surface area contributed by atoms with Crippen LogP contribution >= 0.6 is 11.3 Å². The van der Waals surface area contributed by atoms with E-state index >= 15 is 0 Å². The standard InChI is InChI=1S/C15H13N5O3S/c1-10-8-13(20(22)23)18-19(10)9-11-4-2-3-5-12(11)14(21)17-15-16-6-7-24-15/h2-8H,9H2,1H3,(H,16,17,21). The Labute approximate surface area is 140 Å². The molecule has 1 aromatic carbocycles. The van der Waals surface area contributed by atoms with Gasteiger partial charge in [0.05, 0.1) is 23.4 Å². The summed E-state index contributed by atoms with van der Waals surface area (Å²) in [5.41, 5.74) is 1.84. The van der Waals surface area contributed by atoms with E-state index < -0.39 is 4.92 Å². The third-order valence-electron chi connectivity index (χ3n) is 3.39. The Morgan fingerprint density at radius 1 is 1.42 bits per heavy atom. The largest absolute Gasteiger partial charge is 0.390 e. The van der Waals surface area contributed by atoms with E-state index in [2.05, 4.69) is 15.4 Å². The molecule has 0 fully saturated rings. The summed E-state index contributed by atoms with van der Waals surface area (Å²) >= 11 is 1.33. The fourth-order valence-corrected chi connectivity index (χ4v) is 2.76. The van der Waals surface area contributed by atoms with Gasteiger partial charge in [0, 0.05) is 17.1 Å². The molecule has 122 valence electrons. The molecular weight excluding hydrogens is 330 g/mol. The Hall–Kier alpha value is -3.07. The van der Waals surface area contributed by atoms with E-state index in [4.69, 9.17) is 0 Å². The lowest BCUT2D eigenvalue weighted by Crippen LogP contribution is -2.16. The highest BCUT2D eigenvalue weighted by Crippen LogP contribution is 2.18. The van der Waals surface area contributed by atoms with Gasteiger partial charge < -0.3 is 10.1 Å². The van der Waals surface area contributed by atoms with Gasteiger partial charge in [0.25, 0.3) is 5.91 Å². The van der Waals surface area contributed by atoms with Crippen LogP contribution in [0, 0.1) is 17.0 Å². The van der Waals surface area contributed by atoms with Crippen molar-refractivity contribution in [2.45, 2.75) is 13.5 Å². The minimum absolute atomic E-state index is 0.211. The summed E-state index contributed by atoms with van der Waals surface area (Å²) in [5, 5.41) is 19.8. The van der Waals surface area contributed by atoms with Crippen molar-refractivity contribution in [1.82, 2.24) is 14.8 Å². The number of rotatable bonds is 5. The van der Waals surface area contributed by atoms with Crippen LogP contribution in [0.1, 0.15) is 21.6 Å². The Morgan fingerprint density at radius 3 is 2.88 bits per heavy atom. The highest BCUT2D eigenvalue weighted by atomic mass is 32.1. The van der Waals surface area contributed by atoms with Gasteiger partial charge in [-0.3, -0.25) is 10.1 Å². The number of aryl methyl sites for hydroxylation is 1. The molecule has 3 rings (SSSR count). The average Bonchev–Trinajstić information content (AvgIpc) is 3.18. The first-order valence-corrected chi connectivity index (χ1v) is 7.90. The number of carbonyl (C=O) groups excluding carboxylic acids is 1. The fourth-order valence-electron chi connectivity index (χ4n) is 2.23. The second-order valence-corrected chi connectivity index (χ2v) is 5.90. The van der Waals surface area contributed by atoms with Gasteiger partial charge >= 0.3 is 5.82 Å². The molecule has 0 aliphatic carbocycles. The summed E-state index contributed by atoms with van der Waals surface area (Å²) in [7, 11) is 0. The van der Waals surface area contributed by atoms with Crippen molar-refractivity contribution < 1.29 is 9.72 Å². The zero-order chi connectivity index (χ0) is 17.1. The number of thiazole rings is 1. The zero-order valence-electron chi connectivity index (χ0n) is 12.7. The van der Waals surface area contributed by atoms with Gasteiger partial charge in [-0.1, -0.05) is 18.2 Å². The Morgan fingerprint density at radius 2 is 2.21 bits per heavy atom. The van der Waals surface area contributed by atoms with Crippen LogP contribution < -0.4 is 5.32 Å². The van der Waals surface area contributed by atoms with Crippen LogP contribution in [0.4, 0.5) is 10.9 Å². The van der Waals surface area contributed by atoms with Crippen molar-refractivity contribution in [3.8, 4) is 0 Å². The highest BCUT2D eigenvalue weighted by molar-refractivity contribution is 7.13. The van der Waals surface area contributed by atoms with Gasteiger partial charge in [-0.2, -0.15) is 4.68 Å². The molecule has 0 aliphatic rings.